The maximum absolute atomic E-state index is 12.4. The predicted molar refractivity (Wildman–Crippen MR) is 83.8 cm³/mol. The van der Waals surface area contributed by atoms with Gasteiger partial charge in [-0.25, -0.2) is 0 Å². The van der Waals surface area contributed by atoms with E-state index < -0.39 is 0 Å². The molecule has 1 aliphatic heterocycles. The number of hydrogen-bond acceptors (Lipinski definition) is 4. The SMILES string of the molecule is CC(=O)CN1CCN(C(=O)c2ccc(NC(C)=O)cc2)CC1. The molecule has 1 aromatic rings. The lowest BCUT2D eigenvalue weighted by molar-refractivity contribution is -0.118. The van der Waals surface area contributed by atoms with E-state index in [1.165, 1.54) is 6.92 Å². The van der Waals surface area contributed by atoms with Gasteiger partial charge < -0.3 is 10.2 Å². The van der Waals surface area contributed by atoms with Gasteiger partial charge in [0.25, 0.3) is 5.91 Å². The molecule has 2 amide bonds. The van der Waals surface area contributed by atoms with Crippen molar-refractivity contribution in [2.24, 2.45) is 0 Å². The van der Waals surface area contributed by atoms with Crippen LogP contribution in [0.1, 0.15) is 24.2 Å². The number of Topliss-reactive ketones (excluding diaryl/α,β-unsaturated/α-hetero) is 1. The molecule has 1 fully saturated rings. The molecule has 1 heterocycles. The number of hydrogen-bond donors (Lipinski definition) is 1. The van der Waals surface area contributed by atoms with Crippen LogP contribution in [0.15, 0.2) is 24.3 Å². The van der Waals surface area contributed by atoms with E-state index in [0.717, 1.165) is 13.1 Å². The smallest absolute Gasteiger partial charge is 0.253 e. The molecule has 6 nitrogen and oxygen atoms in total. The molecule has 0 aliphatic carbocycles. The molecule has 0 unspecified atom stereocenters. The monoisotopic (exact) mass is 303 g/mol. The Balaban J connectivity index is 1.92. The fourth-order valence-corrected chi connectivity index (χ4v) is 2.51. The second-order valence-electron chi connectivity index (χ2n) is 5.53. The van der Waals surface area contributed by atoms with Gasteiger partial charge in [0, 0.05) is 44.4 Å². The van der Waals surface area contributed by atoms with Crippen LogP contribution in [0.5, 0.6) is 0 Å². The molecule has 1 aliphatic rings. The molecule has 0 aromatic heterocycles. The Morgan fingerprint density at radius 1 is 1.00 bits per heavy atom. The molecule has 1 N–H and O–H groups in total. The van der Waals surface area contributed by atoms with Gasteiger partial charge in [0.05, 0.1) is 6.54 Å². The Labute approximate surface area is 130 Å². The second kappa shape index (κ2) is 7.17. The van der Waals surface area contributed by atoms with Crippen LogP contribution < -0.4 is 5.32 Å². The van der Waals surface area contributed by atoms with Crippen molar-refractivity contribution in [3.63, 3.8) is 0 Å². The third kappa shape index (κ3) is 4.39. The molecule has 1 aromatic carbocycles. The first-order valence-corrected chi connectivity index (χ1v) is 7.34. The Morgan fingerprint density at radius 2 is 1.59 bits per heavy atom. The van der Waals surface area contributed by atoms with E-state index in [9.17, 15) is 14.4 Å². The number of nitrogens with one attached hydrogen (secondary N) is 1. The number of ketones is 1. The van der Waals surface area contributed by atoms with Crippen molar-refractivity contribution in [2.75, 3.05) is 38.0 Å². The van der Waals surface area contributed by atoms with Gasteiger partial charge in [-0.05, 0) is 31.2 Å². The van der Waals surface area contributed by atoms with E-state index in [1.54, 1.807) is 36.1 Å². The van der Waals surface area contributed by atoms with Crippen LogP contribution in [0.25, 0.3) is 0 Å². The lowest BCUT2D eigenvalue weighted by Gasteiger charge is -2.34. The summed E-state index contributed by atoms with van der Waals surface area (Å²) in [6.45, 7) is 6.16. The number of carbonyl (C=O) groups is 3. The molecule has 0 bridgehead atoms. The predicted octanol–water partition coefficient (Wildman–Crippen LogP) is 0.992. The normalized spacial score (nSPS) is 15.5. The fraction of sp³-hybridized carbons (Fsp3) is 0.438. The summed E-state index contributed by atoms with van der Waals surface area (Å²) in [5.41, 5.74) is 1.28. The van der Waals surface area contributed by atoms with Gasteiger partial charge in [0.2, 0.25) is 5.91 Å². The summed E-state index contributed by atoms with van der Waals surface area (Å²) in [6.07, 6.45) is 0. The van der Waals surface area contributed by atoms with Crippen molar-refractivity contribution in [3.8, 4) is 0 Å². The Bertz CT molecular complexity index is 561. The molecule has 22 heavy (non-hydrogen) atoms. The van der Waals surface area contributed by atoms with Crippen molar-refractivity contribution in [2.45, 2.75) is 13.8 Å². The summed E-state index contributed by atoms with van der Waals surface area (Å²) >= 11 is 0. The summed E-state index contributed by atoms with van der Waals surface area (Å²) in [4.78, 5) is 38.3. The molecule has 1 saturated heterocycles. The van der Waals surface area contributed by atoms with E-state index in [-0.39, 0.29) is 17.6 Å². The number of amides is 2. The summed E-state index contributed by atoms with van der Waals surface area (Å²) in [5.74, 6) is -0.00847. The van der Waals surface area contributed by atoms with Crippen LogP contribution in [0.4, 0.5) is 5.69 Å². The third-order valence-corrected chi connectivity index (χ3v) is 3.56. The molecular weight excluding hydrogens is 282 g/mol. The van der Waals surface area contributed by atoms with Gasteiger partial charge in [0.1, 0.15) is 5.78 Å². The van der Waals surface area contributed by atoms with Crippen LogP contribution >= 0.6 is 0 Å². The van der Waals surface area contributed by atoms with Gasteiger partial charge in [-0.2, -0.15) is 0 Å². The van der Waals surface area contributed by atoms with Crippen LogP contribution in [0.3, 0.4) is 0 Å². The quantitative estimate of drug-likeness (QED) is 0.900. The number of nitrogens with zero attached hydrogens (tertiary/aromatic N) is 2. The molecule has 6 heteroatoms. The summed E-state index contributed by atoms with van der Waals surface area (Å²) in [6, 6.07) is 6.88. The van der Waals surface area contributed by atoms with Crippen LogP contribution in [-0.2, 0) is 9.59 Å². The number of carbonyl (C=O) groups excluding carboxylic acids is 3. The van der Waals surface area contributed by atoms with E-state index in [2.05, 4.69) is 10.2 Å². The van der Waals surface area contributed by atoms with Gasteiger partial charge >= 0.3 is 0 Å². The second-order valence-corrected chi connectivity index (χ2v) is 5.53. The average molecular weight is 303 g/mol. The van der Waals surface area contributed by atoms with E-state index in [4.69, 9.17) is 0 Å². The molecule has 0 spiro atoms. The van der Waals surface area contributed by atoms with Crippen molar-refractivity contribution < 1.29 is 14.4 Å². The Morgan fingerprint density at radius 3 is 2.09 bits per heavy atom. The zero-order valence-electron chi connectivity index (χ0n) is 13.0. The highest BCUT2D eigenvalue weighted by atomic mass is 16.2. The van der Waals surface area contributed by atoms with Crippen molar-refractivity contribution >= 4 is 23.3 Å². The Hall–Kier alpha value is -2.21. The topological polar surface area (TPSA) is 69.7 Å². The van der Waals surface area contributed by atoms with Gasteiger partial charge in [-0.1, -0.05) is 0 Å². The highest BCUT2D eigenvalue weighted by Gasteiger charge is 2.22. The van der Waals surface area contributed by atoms with E-state index >= 15 is 0 Å². The van der Waals surface area contributed by atoms with E-state index in [0.29, 0.717) is 30.9 Å². The zero-order valence-corrected chi connectivity index (χ0v) is 13.0. The van der Waals surface area contributed by atoms with Crippen molar-refractivity contribution in [1.82, 2.24) is 9.80 Å². The van der Waals surface area contributed by atoms with Crippen molar-refractivity contribution in [1.29, 1.82) is 0 Å². The fourth-order valence-electron chi connectivity index (χ4n) is 2.51. The largest absolute Gasteiger partial charge is 0.336 e. The highest BCUT2D eigenvalue weighted by molar-refractivity contribution is 5.95. The molecule has 0 saturated carbocycles. The lowest BCUT2D eigenvalue weighted by Crippen LogP contribution is -2.49. The first-order valence-electron chi connectivity index (χ1n) is 7.34. The van der Waals surface area contributed by atoms with Gasteiger partial charge in [0.15, 0.2) is 0 Å². The molecule has 118 valence electrons. The minimum atomic E-state index is -0.138. The maximum Gasteiger partial charge on any atom is 0.253 e. The minimum absolute atomic E-state index is 0.0168. The first kappa shape index (κ1) is 16.2. The minimum Gasteiger partial charge on any atom is -0.336 e. The van der Waals surface area contributed by atoms with Crippen LogP contribution in [0.2, 0.25) is 0 Å². The van der Waals surface area contributed by atoms with Crippen LogP contribution in [-0.4, -0.2) is 60.1 Å². The molecule has 0 atom stereocenters. The van der Waals surface area contributed by atoms with Crippen LogP contribution in [0, 0.1) is 0 Å². The standard InChI is InChI=1S/C16H21N3O3/c1-12(20)11-18-7-9-19(10-8-18)16(22)14-3-5-15(6-4-14)17-13(2)21/h3-6H,7-11H2,1-2H3,(H,17,21). The zero-order chi connectivity index (χ0) is 16.1. The Kier molecular flexibility index (Phi) is 5.27. The summed E-state index contributed by atoms with van der Waals surface area (Å²) in [5, 5.41) is 2.67. The lowest BCUT2D eigenvalue weighted by atomic mass is 10.1. The third-order valence-electron chi connectivity index (χ3n) is 3.56. The summed E-state index contributed by atoms with van der Waals surface area (Å²) < 4.78 is 0. The highest BCUT2D eigenvalue weighted by Crippen LogP contribution is 2.13. The number of anilines is 1. The number of piperazine rings is 1. The number of rotatable bonds is 4. The van der Waals surface area contributed by atoms with Crippen molar-refractivity contribution in [3.05, 3.63) is 29.8 Å². The molecule has 2 rings (SSSR count). The summed E-state index contributed by atoms with van der Waals surface area (Å²) in [7, 11) is 0. The maximum atomic E-state index is 12.4. The molecular formula is C16H21N3O3. The average Bonchev–Trinajstić information content (AvgIpc) is 2.47. The van der Waals surface area contributed by atoms with Gasteiger partial charge in [-0.3, -0.25) is 19.3 Å². The van der Waals surface area contributed by atoms with Gasteiger partial charge in [-0.15, -0.1) is 0 Å². The first-order chi connectivity index (χ1) is 10.5. The number of benzene rings is 1. The molecule has 0 radical (unpaired) electrons. The van der Waals surface area contributed by atoms with E-state index in [1.807, 2.05) is 0 Å².